The van der Waals surface area contributed by atoms with Gasteiger partial charge in [-0.3, -0.25) is 4.79 Å². The van der Waals surface area contributed by atoms with Crippen molar-refractivity contribution >= 4 is 11.7 Å². The lowest BCUT2D eigenvalue weighted by Crippen LogP contribution is -2.56. The number of likely N-dealkylation sites (tertiary alicyclic amines) is 1. The highest BCUT2D eigenvalue weighted by Gasteiger charge is 2.86. The second kappa shape index (κ2) is 6.46. The van der Waals surface area contributed by atoms with Crippen LogP contribution in [0.25, 0.3) is 0 Å². The van der Waals surface area contributed by atoms with Gasteiger partial charge in [-0.05, 0) is 24.3 Å². The number of nitriles is 2. The smallest absolute Gasteiger partial charge is 0.294 e. The van der Waals surface area contributed by atoms with Gasteiger partial charge in [0.15, 0.2) is 10.8 Å². The lowest BCUT2D eigenvalue weighted by molar-refractivity contribution is -0.263. The Bertz CT molecular complexity index is 1080. The first-order valence-electron chi connectivity index (χ1n) is 9.05. The zero-order valence-corrected chi connectivity index (χ0v) is 16.5. The van der Waals surface area contributed by atoms with E-state index in [1.54, 1.807) is 24.3 Å². The molecule has 2 N–H and O–H groups in total. The Kier molecular flexibility index (Phi) is 4.24. The van der Waals surface area contributed by atoms with Crippen LogP contribution in [-0.4, -0.2) is 36.8 Å². The molecular formula is C20H19N5O5. The molecule has 30 heavy (non-hydrogen) atoms. The monoisotopic (exact) mass is 409 g/mol. The van der Waals surface area contributed by atoms with E-state index in [1.165, 1.54) is 38.6 Å². The molecule has 2 aliphatic heterocycles. The molecule has 0 aromatic carbocycles. The fourth-order valence-corrected chi connectivity index (χ4v) is 4.98. The molecule has 10 nitrogen and oxygen atoms in total. The molecule has 0 radical (unpaired) electrons. The predicted molar refractivity (Wildman–Crippen MR) is 99.9 cm³/mol. The van der Waals surface area contributed by atoms with Crippen LogP contribution in [0.2, 0.25) is 0 Å². The summed E-state index contributed by atoms with van der Waals surface area (Å²) in [6.45, 7) is 1.33. The lowest BCUT2D eigenvalue weighted by Gasteiger charge is -2.41. The van der Waals surface area contributed by atoms with Crippen LogP contribution in [0.1, 0.15) is 30.5 Å². The maximum Gasteiger partial charge on any atom is 0.294 e. The molecule has 0 aliphatic carbocycles. The molecule has 0 unspecified atom stereocenters. The van der Waals surface area contributed by atoms with Gasteiger partial charge in [-0.15, -0.1) is 0 Å². The standard InChI is InChI=1S/C20H19N5O5/c1-12(26)25-15(13-6-4-8-29-13)18(10-21)17(23)24-20(27-2,28-3)19(18,11-22)16(25)14-7-5-9-30-14/h4-9,15-16H,1-3H3,(H2,23,24)/t15-,16+,18+,19+/m1/s1. The van der Waals surface area contributed by atoms with E-state index in [-0.39, 0.29) is 17.4 Å². The Morgan fingerprint density at radius 2 is 1.70 bits per heavy atom. The fraction of sp³-hybridized carbons (Fsp3) is 0.400. The van der Waals surface area contributed by atoms with Crippen LogP contribution in [0.4, 0.5) is 0 Å². The molecule has 4 atom stereocenters. The summed E-state index contributed by atoms with van der Waals surface area (Å²) in [6.07, 6.45) is 2.82. The number of methoxy groups -OCH3 is 2. The van der Waals surface area contributed by atoms with Gasteiger partial charge >= 0.3 is 0 Å². The van der Waals surface area contributed by atoms with Crippen molar-refractivity contribution in [1.29, 1.82) is 10.5 Å². The maximum atomic E-state index is 13.0. The fourth-order valence-electron chi connectivity index (χ4n) is 4.98. The summed E-state index contributed by atoms with van der Waals surface area (Å²) in [5, 5.41) is 21.1. The van der Waals surface area contributed by atoms with Crippen LogP contribution < -0.4 is 5.73 Å². The number of carbonyl (C=O) groups is 1. The number of hydrogen-bond acceptors (Lipinski definition) is 9. The molecule has 2 aliphatic rings. The summed E-state index contributed by atoms with van der Waals surface area (Å²) in [6, 6.07) is 8.65. The summed E-state index contributed by atoms with van der Waals surface area (Å²) in [4.78, 5) is 18.6. The number of amides is 1. The highest BCUT2D eigenvalue weighted by Crippen LogP contribution is 2.73. The summed E-state index contributed by atoms with van der Waals surface area (Å²) in [5.74, 6) is -2.08. The summed E-state index contributed by atoms with van der Waals surface area (Å²) < 4.78 is 22.4. The molecule has 154 valence electrons. The zero-order chi connectivity index (χ0) is 21.7. The third-order valence-corrected chi connectivity index (χ3v) is 6.06. The number of furan rings is 2. The van der Waals surface area contributed by atoms with Gasteiger partial charge in [-0.2, -0.15) is 10.5 Å². The SMILES string of the molecule is COC1(OC)N=C(N)[C@]2(C#N)[C@@H](c3ccco3)N(C(C)=O)[C@@H](c3ccco3)[C@]12C#N. The minimum absolute atomic E-state index is 0.197. The van der Waals surface area contributed by atoms with E-state index < -0.39 is 34.7 Å². The third-order valence-electron chi connectivity index (χ3n) is 6.06. The van der Waals surface area contributed by atoms with Gasteiger partial charge in [-0.25, -0.2) is 4.99 Å². The first kappa shape index (κ1) is 19.7. The van der Waals surface area contributed by atoms with Crippen LogP contribution in [0, 0.1) is 33.5 Å². The molecule has 1 amide bonds. The first-order valence-corrected chi connectivity index (χ1v) is 9.05. The van der Waals surface area contributed by atoms with Gasteiger partial charge in [0.25, 0.3) is 5.91 Å². The quantitative estimate of drug-likeness (QED) is 0.751. The number of fused-ring (bicyclic) bond motifs is 1. The molecular weight excluding hydrogens is 390 g/mol. The number of nitrogens with two attached hydrogens (primary N) is 1. The van der Waals surface area contributed by atoms with Crippen molar-refractivity contribution in [2.45, 2.75) is 24.9 Å². The van der Waals surface area contributed by atoms with Crippen LogP contribution in [0.3, 0.4) is 0 Å². The van der Waals surface area contributed by atoms with Gasteiger partial charge in [0.05, 0.1) is 24.7 Å². The first-order chi connectivity index (χ1) is 14.4. The van der Waals surface area contributed by atoms with E-state index in [1.807, 2.05) is 0 Å². The number of ether oxygens (including phenoxy) is 2. The van der Waals surface area contributed by atoms with E-state index in [0.717, 1.165) is 0 Å². The summed E-state index contributed by atoms with van der Waals surface area (Å²) in [7, 11) is 2.59. The minimum Gasteiger partial charge on any atom is -0.467 e. The second-order valence-electron chi connectivity index (χ2n) is 7.09. The number of amidine groups is 1. The summed E-state index contributed by atoms with van der Waals surface area (Å²) in [5.41, 5.74) is 2.57. The normalized spacial score (nSPS) is 31.6. The van der Waals surface area contributed by atoms with E-state index in [4.69, 9.17) is 24.0 Å². The second-order valence-corrected chi connectivity index (χ2v) is 7.09. The van der Waals surface area contributed by atoms with Crippen molar-refractivity contribution < 1.29 is 23.1 Å². The molecule has 0 spiro atoms. The Hall–Kier alpha value is -3.60. The molecule has 10 heteroatoms. The maximum absolute atomic E-state index is 13.0. The van der Waals surface area contributed by atoms with Crippen molar-refractivity contribution in [3.63, 3.8) is 0 Å². The number of aliphatic imine (C=N–C) groups is 1. The molecule has 4 rings (SSSR count). The van der Waals surface area contributed by atoms with Crippen molar-refractivity contribution in [2.24, 2.45) is 21.6 Å². The van der Waals surface area contributed by atoms with Crippen LogP contribution in [0.15, 0.2) is 50.6 Å². The number of nitrogens with zero attached hydrogens (tertiary/aromatic N) is 4. The van der Waals surface area contributed by atoms with Gasteiger partial charge in [-0.1, -0.05) is 0 Å². The average molecular weight is 409 g/mol. The van der Waals surface area contributed by atoms with Gasteiger partial charge in [0, 0.05) is 21.1 Å². The predicted octanol–water partition coefficient (Wildman–Crippen LogP) is 1.85. The van der Waals surface area contributed by atoms with Crippen molar-refractivity contribution in [1.82, 2.24) is 4.90 Å². The summed E-state index contributed by atoms with van der Waals surface area (Å²) >= 11 is 0. The molecule has 2 aromatic rings. The Morgan fingerprint density at radius 1 is 1.13 bits per heavy atom. The van der Waals surface area contributed by atoms with Crippen molar-refractivity contribution in [2.75, 3.05) is 14.2 Å². The average Bonchev–Trinajstić information content (AvgIpc) is 3.51. The molecule has 1 fully saturated rings. The minimum atomic E-state index is -1.98. The highest BCUT2D eigenvalue weighted by atomic mass is 16.7. The van der Waals surface area contributed by atoms with Crippen LogP contribution >= 0.6 is 0 Å². The number of carbonyl (C=O) groups excluding carboxylic acids is 1. The van der Waals surface area contributed by atoms with Crippen LogP contribution in [-0.2, 0) is 14.3 Å². The van der Waals surface area contributed by atoms with Gasteiger partial charge in [0.1, 0.15) is 29.4 Å². The Labute approximate surface area is 172 Å². The Balaban J connectivity index is 2.18. The molecule has 2 aromatic heterocycles. The van der Waals surface area contributed by atoms with Crippen molar-refractivity contribution in [3.8, 4) is 12.1 Å². The molecule has 4 heterocycles. The van der Waals surface area contributed by atoms with E-state index in [0.29, 0.717) is 0 Å². The topological polar surface area (TPSA) is 151 Å². The highest BCUT2D eigenvalue weighted by molar-refractivity contribution is 5.96. The number of hydrogen-bond donors (Lipinski definition) is 1. The lowest BCUT2D eigenvalue weighted by atomic mass is 9.59. The zero-order valence-electron chi connectivity index (χ0n) is 16.5. The Morgan fingerprint density at radius 3 is 2.10 bits per heavy atom. The molecule has 1 saturated heterocycles. The van der Waals surface area contributed by atoms with Gasteiger partial charge < -0.3 is 28.9 Å². The largest absolute Gasteiger partial charge is 0.467 e. The van der Waals surface area contributed by atoms with E-state index >= 15 is 0 Å². The third kappa shape index (κ3) is 1.92. The van der Waals surface area contributed by atoms with E-state index in [9.17, 15) is 15.3 Å². The van der Waals surface area contributed by atoms with Gasteiger partial charge in [0.2, 0.25) is 5.91 Å². The van der Waals surface area contributed by atoms with Crippen molar-refractivity contribution in [3.05, 3.63) is 48.3 Å². The van der Waals surface area contributed by atoms with Crippen LogP contribution in [0.5, 0.6) is 0 Å². The van der Waals surface area contributed by atoms with E-state index in [2.05, 4.69) is 17.1 Å². The molecule has 0 saturated carbocycles. The molecule has 0 bridgehead atoms. The number of rotatable bonds is 4.